The molecule has 12 aromatic rings. The quantitative estimate of drug-likeness (QED) is 0.175. The fourth-order valence-corrected chi connectivity index (χ4v) is 8.35. The summed E-state index contributed by atoms with van der Waals surface area (Å²) < 4.78 is 10.6. The van der Waals surface area contributed by atoms with Crippen LogP contribution in [0, 0.1) is 0 Å². The molecule has 0 saturated carbocycles. The first-order valence-corrected chi connectivity index (χ1v) is 18.8. The van der Waals surface area contributed by atoms with E-state index in [-0.39, 0.29) is 0 Å². The summed E-state index contributed by atoms with van der Waals surface area (Å²) in [5, 5.41) is 6.51. The highest BCUT2D eigenvalue weighted by atomic mass is 16.3. The van der Waals surface area contributed by atoms with Crippen molar-refractivity contribution in [3.05, 3.63) is 176 Å². The van der Waals surface area contributed by atoms with E-state index >= 15 is 0 Å². The van der Waals surface area contributed by atoms with Gasteiger partial charge in [-0.3, -0.25) is 14.1 Å². The van der Waals surface area contributed by atoms with Crippen LogP contribution in [0.5, 0.6) is 0 Å². The van der Waals surface area contributed by atoms with Gasteiger partial charge in [-0.1, -0.05) is 121 Å². The number of rotatable bonds is 5. The van der Waals surface area contributed by atoms with Crippen molar-refractivity contribution in [3.8, 4) is 45.8 Å². The van der Waals surface area contributed by atoms with Crippen LogP contribution >= 0.6 is 0 Å². The van der Waals surface area contributed by atoms with Crippen molar-refractivity contribution in [2.24, 2.45) is 0 Å². The van der Waals surface area contributed by atoms with Gasteiger partial charge in [-0.05, 0) is 42.5 Å². The molecule has 0 aliphatic rings. The van der Waals surface area contributed by atoms with Gasteiger partial charge in [-0.15, -0.1) is 0 Å². The van der Waals surface area contributed by atoms with Gasteiger partial charge >= 0.3 is 0 Å². The second kappa shape index (κ2) is 12.3. The average molecular weight is 732 g/mol. The lowest BCUT2D eigenvalue weighted by atomic mass is 10.1. The second-order valence-corrected chi connectivity index (χ2v) is 14.1. The van der Waals surface area contributed by atoms with Crippen molar-refractivity contribution in [2.75, 3.05) is 0 Å². The predicted molar refractivity (Wildman–Crippen MR) is 228 cm³/mol. The van der Waals surface area contributed by atoms with Gasteiger partial charge in [0.1, 0.15) is 11.2 Å². The lowest BCUT2D eigenvalue weighted by Crippen LogP contribution is -2.06. The summed E-state index contributed by atoms with van der Waals surface area (Å²) in [7, 11) is 0. The predicted octanol–water partition coefficient (Wildman–Crippen LogP) is 11.8. The van der Waals surface area contributed by atoms with Crippen LogP contribution in [0.15, 0.2) is 181 Å². The molecule has 5 aromatic heterocycles. The van der Waals surface area contributed by atoms with E-state index in [1.165, 1.54) is 0 Å². The highest BCUT2D eigenvalue weighted by Gasteiger charge is 2.23. The maximum absolute atomic E-state index is 6.14. The van der Waals surface area contributed by atoms with Gasteiger partial charge in [0, 0.05) is 49.0 Å². The van der Waals surface area contributed by atoms with E-state index in [2.05, 4.69) is 88.0 Å². The molecule has 12 rings (SSSR count). The van der Waals surface area contributed by atoms with Gasteiger partial charge in [0.15, 0.2) is 17.5 Å². The van der Waals surface area contributed by atoms with Crippen LogP contribution in [0.2, 0.25) is 0 Å². The molecular formula is C49H29N7O. The fourth-order valence-electron chi connectivity index (χ4n) is 8.35. The van der Waals surface area contributed by atoms with Gasteiger partial charge in [-0.25, -0.2) is 9.97 Å². The number of aromatic nitrogens is 7. The van der Waals surface area contributed by atoms with E-state index in [9.17, 15) is 0 Å². The van der Waals surface area contributed by atoms with Crippen molar-refractivity contribution < 1.29 is 4.42 Å². The Bertz CT molecular complexity index is 3470. The zero-order valence-electron chi connectivity index (χ0n) is 30.3. The topological polar surface area (TPSA) is 87.5 Å². The number of hydrogen-bond donors (Lipinski definition) is 0. The first-order chi connectivity index (χ1) is 28.3. The van der Waals surface area contributed by atoms with Crippen molar-refractivity contribution in [1.82, 2.24) is 34.1 Å². The van der Waals surface area contributed by atoms with E-state index in [4.69, 9.17) is 29.3 Å². The molecule has 0 N–H and O–H groups in total. The lowest BCUT2D eigenvalue weighted by Gasteiger charge is -2.11. The highest BCUT2D eigenvalue weighted by Crippen LogP contribution is 2.42. The molecule has 0 unspecified atom stereocenters. The second-order valence-electron chi connectivity index (χ2n) is 14.1. The van der Waals surface area contributed by atoms with E-state index in [1.807, 2.05) is 97.3 Å². The molecule has 7 aromatic carbocycles. The number of furan rings is 1. The standard InChI is InChI=1S/C49H29N7O/c1-3-13-30(14-4-1)47-52-48(31-15-5-2-6-16-31)54-49(53-47)55-40-21-11-8-19-36(40)45-41(55)25-24-35-33-17-7-10-20-39(33)56(46(35)45)44-29-50-28-38(51-44)32-23-26-43-37(27-32)34-18-9-12-22-42(34)57-43/h1-29H. The maximum atomic E-state index is 6.14. The maximum Gasteiger partial charge on any atom is 0.238 e. The third kappa shape index (κ3) is 4.84. The molecule has 0 atom stereocenters. The molecule has 266 valence electrons. The summed E-state index contributed by atoms with van der Waals surface area (Å²) in [4.78, 5) is 25.4. The number of benzene rings is 7. The van der Waals surface area contributed by atoms with E-state index in [0.29, 0.717) is 17.6 Å². The Labute approximate surface area is 325 Å². The number of para-hydroxylation sites is 3. The van der Waals surface area contributed by atoms with Crippen LogP contribution in [0.4, 0.5) is 0 Å². The molecule has 0 spiro atoms. The summed E-state index contributed by atoms with van der Waals surface area (Å²) in [6, 6.07) is 55.9. The summed E-state index contributed by atoms with van der Waals surface area (Å²) in [6.07, 6.45) is 3.68. The summed E-state index contributed by atoms with van der Waals surface area (Å²) in [5.74, 6) is 2.47. The number of nitrogens with zero attached hydrogens (tertiary/aromatic N) is 7. The molecule has 0 bridgehead atoms. The molecule has 0 amide bonds. The summed E-state index contributed by atoms with van der Waals surface area (Å²) in [5.41, 5.74) is 9.30. The van der Waals surface area contributed by atoms with Crippen molar-refractivity contribution in [1.29, 1.82) is 0 Å². The van der Waals surface area contributed by atoms with Gasteiger partial charge < -0.3 is 4.42 Å². The van der Waals surface area contributed by atoms with Crippen molar-refractivity contribution in [3.63, 3.8) is 0 Å². The smallest absolute Gasteiger partial charge is 0.238 e. The van der Waals surface area contributed by atoms with Crippen LogP contribution in [-0.4, -0.2) is 34.1 Å². The molecule has 0 radical (unpaired) electrons. The molecule has 8 nitrogen and oxygen atoms in total. The van der Waals surface area contributed by atoms with Crippen LogP contribution in [0.25, 0.3) is 111 Å². The Hall–Kier alpha value is -7.97. The molecule has 8 heteroatoms. The summed E-state index contributed by atoms with van der Waals surface area (Å²) in [6.45, 7) is 0. The monoisotopic (exact) mass is 731 g/mol. The van der Waals surface area contributed by atoms with Crippen LogP contribution in [-0.2, 0) is 0 Å². The van der Waals surface area contributed by atoms with Gasteiger partial charge in [-0.2, -0.15) is 9.97 Å². The SMILES string of the molecule is c1ccc(-c2nc(-c3ccccc3)nc(-n3c4ccccc4c4c3ccc3c5ccccc5n(-c5cncc(-c6ccc7oc8ccccc8c7c6)n5)c34)n2)cc1. The molecule has 0 aliphatic carbocycles. The molecule has 57 heavy (non-hydrogen) atoms. The lowest BCUT2D eigenvalue weighted by molar-refractivity contribution is 0.669. The Kier molecular flexibility index (Phi) is 6.76. The largest absolute Gasteiger partial charge is 0.456 e. The molecular weight excluding hydrogens is 703 g/mol. The number of hydrogen-bond acceptors (Lipinski definition) is 6. The van der Waals surface area contributed by atoms with E-state index in [0.717, 1.165) is 93.8 Å². The first-order valence-electron chi connectivity index (χ1n) is 18.8. The minimum Gasteiger partial charge on any atom is -0.456 e. The Morgan fingerprint density at radius 3 is 1.79 bits per heavy atom. The van der Waals surface area contributed by atoms with Gasteiger partial charge in [0.2, 0.25) is 5.95 Å². The zero-order chi connectivity index (χ0) is 37.5. The molecule has 0 saturated heterocycles. The zero-order valence-corrected chi connectivity index (χ0v) is 30.3. The number of fused-ring (bicyclic) bond motifs is 10. The Morgan fingerprint density at radius 2 is 1.04 bits per heavy atom. The van der Waals surface area contributed by atoms with Crippen LogP contribution in [0.1, 0.15) is 0 Å². The average Bonchev–Trinajstić information content (AvgIpc) is 3.94. The van der Waals surface area contributed by atoms with Crippen LogP contribution < -0.4 is 0 Å². The first kappa shape index (κ1) is 31.4. The normalized spacial score (nSPS) is 11.9. The third-order valence-electron chi connectivity index (χ3n) is 10.9. The van der Waals surface area contributed by atoms with Crippen molar-refractivity contribution in [2.45, 2.75) is 0 Å². The summed E-state index contributed by atoms with van der Waals surface area (Å²) >= 11 is 0. The fraction of sp³-hybridized carbons (Fsp3) is 0. The van der Waals surface area contributed by atoms with Crippen LogP contribution in [0.3, 0.4) is 0 Å². The van der Waals surface area contributed by atoms with E-state index < -0.39 is 0 Å². The van der Waals surface area contributed by atoms with Crippen molar-refractivity contribution >= 4 is 65.6 Å². The minimum atomic E-state index is 0.542. The minimum absolute atomic E-state index is 0.542. The van der Waals surface area contributed by atoms with Gasteiger partial charge in [0.25, 0.3) is 0 Å². The van der Waals surface area contributed by atoms with E-state index in [1.54, 1.807) is 0 Å². The molecule has 0 fully saturated rings. The molecule has 0 aliphatic heterocycles. The van der Waals surface area contributed by atoms with Gasteiger partial charge in [0.05, 0.1) is 40.2 Å². The highest BCUT2D eigenvalue weighted by molar-refractivity contribution is 6.26. The Balaban J connectivity index is 1.13. The Morgan fingerprint density at radius 1 is 0.404 bits per heavy atom. The third-order valence-corrected chi connectivity index (χ3v) is 10.9. The molecule has 5 heterocycles.